The van der Waals surface area contributed by atoms with Gasteiger partial charge in [0.2, 0.25) is 41.4 Å². The minimum absolute atomic E-state index is 0.00646. The standard InChI is InChI=1S/C34H56N10O12/c1-15(2)9-20(40-30(51)21(10-18-12-37-14-38-18)42-33(54)26(36)16(3)4)29(50)41-22(11-24(35)46)31(52)39-19(7-8-25(47)48)28(49)43-23(13-45)32(53)44-27(17(5)6)34(55)56/h12,14-17,19-23,26-27,45H,7-11,13,36H2,1-6H3,(H2,35,46)(H,37,38)(H,39,52)(H,40,51)(H,41,50)(H,42,54)(H,43,49)(H,44,53)(H,47,48)(H,55,56)/t19-,20-,21-,22-,23-,26-,27-/m0/s1. The van der Waals surface area contributed by atoms with Gasteiger partial charge >= 0.3 is 11.9 Å². The number of aliphatic hydroxyl groups excluding tert-OH is 1. The van der Waals surface area contributed by atoms with Gasteiger partial charge in [0.15, 0.2) is 0 Å². The van der Waals surface area contributed by atoms with Gasteiger partial charge in [-0.15, -0.1) is 0 Å². The number of carboxylic acids is 2. The minimum Gasteiger partial charge on any atom is -0.481 e. The molecule has 0 saturated heterocycles. The van der Waals surface area contributed by atoms with Crippen molar-refractivity contribution >= 4 is 53.3 Å². The number of aromatic amines is 1. The van der Waals surface area contributed by atoms with E-state index in [1.54, 1.807) is 27.7 Å². The van der Waals surface area contributed by atoms with E-state index < -0.39 is 127 Å². The molecule has 1 heterocycles. The maximum Gasteiger partial charge on any atom is 0.326 e. The van der Waals surface area contributed by atoms with Crippen LogP contribution in [0.3, 0.4) is 0 Å². The Balaban J connectivity index is 3.33. The topological polar surface area (TPSA) is 367 Å². The van der Waals surface area contributed by atoms with Gasteiger partial charge in [-0.3, -0.25) is 38.4 Å². The molecule has 1 aromatic rings. The van der Waals surface area contributed by atoms with Gasteiger partial charge in [0.05, 0.1) is 25.4 Å². The molecular formula is C34H56N10O12. The van der Waals surface area contributed by atoms with Crippen molar-refractivity contribution < 1.29 is 58.5 Å². The number of aliphatic hydroxyl groups is 1. The Morgan fingerprint density at radius 1 is 0.696 bits per heavy atom. The predicted molar refractivity (Wildman–Crippen MR) is 196 cm³/mol. The number of aromatic nitrogens is 2. The van der Waals surface area contributed by atoms with Crippen LogP contribution in [0.5, 0.6) is 0 Å². The Labute approximate surface area is 323 Å². The third-order valence-corrected chi connectivity index (χ3v) is 8.34. The lowest BCUT2D eigenvalue weighted by Gasteiger charge is -2.28. The summed E-state index contributed by atoms with van der Waals surface area (Å²) in [5.74, 6) is -10.7. The summed E-state index contributed by atoms with van der Waals surface area (Å²) in [6.45, 7) is 8.91. The van der Waals surface area contributed by atoms with Gasteiger partial charge in [-0.1, -0.05) is 41.5 Å². The van der Waals surface area contributed by atoms with Crippen LogP contribution in [-0.2, 0) is 49.6 Å². The third-order valence-electron chi connectivity index (χ3n) is 8.34. The molecule has 0 bridgehead atoms. The minimum atomic E-state index is -1.77. The van der Waals surface area contributed by atoms with Crippen LogP contribution in [0.1, 0.15) is 72.9 Å². The summed E-state index contributed by atoms with van der Waals surface area (Å²) >= 11 is 0. The normalized spacial score (nSPS) is 15.0. The van der Waals surface area contributed by atoms with Crippen molar-refractivity contribution in [2.75, 3.05) is 6.61 Å². The van der Waals surface area contributed by atoms with Gasteiger partial charge in [0.1, 0.15) is 36.3 Å². The highest BCUT2D eigenvalue weighted by atomic mass is 16.4. The number of carboxylic acid groups (broad SMARTS) is 2. The summed E-state index contributed by atoms with van der Waals surface area (Å²) < 4.78 is 0. The molecule has 22 heteroatoms. The summed E-state index contributed by atoms with van der Waals surface area (Å²) in [7, 11) is 0. The van der Waals surface area contributed by atoms with Gasteiger partial charge in [0.25, 0.3) is 0 Å². The maximum atomic E-state index is 13.7. The lowest BCUT2D eigenvalue weighted by Crippen LogP contribution is -2.61. The van der Waals surface area contributed by atoms with E-state index in [1.165, 1.54) is 26.4 Å². The highest BCUT2D eigenvalue weighted by molar-refractivity contribution is 5.98. The first-order valence-corrected chi connectivity index (χ1v) is 18.0. The zero-order valence-electron chi connectivity index (χ0n) is 32.3. The van der Waals surface area contributed by atoms with Crippen molar-refractivity contribution in [1.82, 2.24) is 41.9 Å². The number of nitrogens with one attached hydrogen (secondary N) is 7. The number of hydrogen-bond donors (Lipinski definition) is 12. The number of carbonyl (C=O) groups is 9. The summed E-state index contributed by atoms with van der Waals surface area (Å²) in [6, 6.07) is -10.1. The summed E-state index contributed by atoms with van der Waals surface area (Å²) in [5.41, 5.74) is 11.8. The molecule has 1 rings (SSSR count). The number of nitrogens with two attached hydrogens (primary N) is 2. The number of carbonyl (C=O) groups excluding carboxylic acids is 7. The molecule has 0 aliphatic rings. The number of aliphatic carboxylic acids is 2. The van der Waals surface area contributed by atoms with Gasteiger partial charge in [-0.25, -0.2) is 9.78 Å². The van der Waals surface area contributed by atoms with Crippen molar-refractivity contribution in [2.45, 2.75) is 116 Å². The highest BCUT2D eigenvalue weighted by Gasteiger charge is 2.35. The van der Waals surface area contributed by atoms with E-state index in [4.69, 9.17) is 11.5 Å². The van der Waals surface area contributed by atoms with Crippen LogP contribution in [-0.4, -0.2) is 127 Å². The van der Waals surface area contributed by atoms with Crippen LogP contribution in [0.15, 0.2) is 12.5 Å². The average molecular weight is 797 g/mol. The van der Waals surface area contributed by atoms with Crippen molar-refractivity contribution in [1.29, 1.82) is 0 Å². The van der Waals surface area contributed by atoms with Gasteiger partial charge in [-0.05, 0) is 30.6 Å². The third kappa shape index (κ3) is 16.8. The van der Waals surface area contributed by atoms with Crippen LogP contribution in [0, 0.1) is 17.8 Å². The zero-order valence-corrected chi connectivity index (χ0v) is 32.3. The van der Waals surface area contributed by atoms with Crippen LogP contribution in [0.4, 0.5) is 0 Å². The second-order valence-corrected chi connectivity index (χ2v) is 14.3. The van der Waals surface area contributed by atoms with E-state index in [1.807, 2.05) is 0 Å². The molecule has 56 heavy (non-hydrogen) atoms. The first-order valence-electron chi connectivity index (χ1n) is 18.0. The van der Waals surface area contributed by atoms with Crippen molar-refractivity contribution in [3.63, 3.8) is 0 Å². The Bertz CT molecular complexity index is 1540. The number of nitrogens with zero attached hydrogens (tertiary/aromatic N) is 1. The molecule has 0 radical (unpaired) electrons. The SMILES string of the molecule is CC(C)C[C@H](NC(=O)[C@H](Cc1cnc[nH]1)NC(=O)[C@@H](N)C(C)C)C(=O)N[C@@H](CC(N)=O)C(=O)N[C@@H](CCC(=O)O)C(=O)N[C@@H](CO)C(=O)N[C@H](C(=O)O)C(C)C. The molecular weight excluding hydrogens is 740 g/mol. The van der Waals surface area contributed by atoms with E-state index in [0.717, 1.165) is 0 Å². The number of H-pyrrole nitrogens is 1. The van der Waals surface area contributed by atoms with Crippen molar-refractivity contribution in [3.8, 4) is 0 Å². The Kier molecular flexibility index (Phi) is 20.1. The molecule has 0 aromatic carbocycles. The molecule has 22 nitrogen and oxygen atoms in total. The zero-order chi connectivity index (χ0) is 42.9. The number of hydrogen-bond acceptors (Lipinski definition) is 12. The highest BCUT2D eigenvalue weighted by Crippen LogP contribution is 2.10. The number of imidazole rings is 1. The smallest absolute Gasteiger partial charge is 0.326 e. The monoisotopic (exact) mass is 796 g/mol. The number of primary amides is 1. The molecule has 1 aromatic heterocycles. The van der Waals surface area contributed by atoms with Crippen LogP contribution < -0.4 is 43.4 Å². The van der Waals surface area contributed by atoms with E-state index in [9.17, 15) is 58.5 Å². The summed E-state index contributed by atoms with van der Waals surface area (Å²) in [5, 5.41) is 42.5. The molecule has 7 amide bonds. The van der Waals surface area contributed by atoms with Crippen molar-refractivity contribution in [2.24, 2.45) is 29.2 Å². The molecule has 314 valence electrons. The second-order valence-electron chi connectivity index (χ2n) is 14.3. The number of rotatable bonds is 25. The average Bonchev–Trinajstić information content (AvgIpc) is 3.61. The molecule has 0 aliphatic carbocycles. The Morgan fingerprint density at radius 3 is 1.68 bits per heavy atom. The molecule has 0 aliphatic heterocycles. The van der Waals surface area contributed by atoms with Crippen LogP contribution in [0.2, 0.25) is 0 Å². The van der Waals surface area contributed by atoms with E-state index in [0.29, 0.717) is 5.69 Å². The fraction of sp³-hybridized carbons (Fsp3) is 0.647. The molecule has 0 unspecified atom stereocenters. The molecule has 7 atom stereocenters. The molecule has 14 N–H and O–H groups in total. The first kappa shape index (κ1) is 48.4. The number of amides is 7. The molecule has 0 fully saturated rings. The second kappa shape index (κ2) is 23.3. The maximum absolute atomic E-state index is 13.7. The summed E-state index contributed by atoms with van der Waals surface area (Å²) in [4.78, 5) is 121. The Morgan fingerprint density at radius 2 is 1.20 bits per heavy atom. The van der Waals surface area contributed by atoms with Crippen LogP contribution in [0.25, 0.3) is 0 Å². The molecule has 0 spiro atoms. The quantitative estimate of drug-likeness (QED) is 0.0454. The fourth-order valence-electron chi connectivity index (χ4n) is 5.10. The van der Waals surface area contributed by atoms with Crippen LogP contribution >= 0.6 is 0 Å². The summed E-state index contributed by atoms with van der Waals surface area (Å²) in [6.07, 6.45) is 0.678. The van der Waals surface area contributed by atoms with Crippen molar-refractivity contribution in [3.05, 3.63) is 18.2 Å². The van der Waals surface area contributed by atoms with E-state index in [-0.39, 0.29) is 24.7 Å². The Hall–Kier alpha value is -5.64. The van der Waals surface area contributed by atoms with Gasteiger partial charge in [0, 0.05) is 24.7 Å². The lowest BCUT2D eigenvalue weighted by atomic mass is 10.0. The lowest BCUT2D eigenvalue weighted by molar-refractivity contribution is -0.143. The largest absolute Gasteiger partial charge is 0.481 e. The van der Waals surface area contributed by atoms with E-state index >= 15 is 0 Å². The van der Waals surface area contributed by atoms with Gasteiger partial charge < -0.3 is 63.7 Å². The van der Waals surface area contributed by atoms with Gasteiger partial charge in [-0.2, -0.15) is 0 Å². The molecule has 0 saturated carbocycles. The first-order chi connectivity index (χ1) is 26.1. The van der Waals surface area contributed by atoms with E-state index in [2.05, 4.69) is 41.9 Å². The fourth-order valence-corrected chi connectivity index (χ4v) is 5.10. The predicted octanol–water partition coefficient (Wildman–Crippen LogP) is -3.64.